The molecule has 2 atom stereocenters. The third-order valence-corrected chi connectivity index (χ3v) is 4.55. The van der Waals surface area contributed by atoms with E-state index in [-0.39, 0.29) is 30.3 Å². The predicted octanol–water partition coefficient (Wildman–Crippen LogP) is 1.89. The molecule has 1 aromatic heterocycles. The fourth-order valence-corrected chi connectivity index (χ4v) is 3.25. The van der Waals surface area contributed by atoms with Gasteiger partial charge >= 0.3 is 0 Å². The molecule has 2 heterocycles. The standard InChI is InChI=1S/C19H24N4O2/c1-13-3-5-15(6-4-13)17(21-14(2)24)11-19(25)22-16-7-8-18-20-9-10-23(18)12-16/h3-6,9-10,16-17H,7-8,11-12H2,1-2H3,(H,21,24)(H,22,25). The molecule has 25 heavy (non-hydrogen) atoms. The lowest BCUT2D eigenvalue weighted by Gasteiger charge is -2.26. The SMILES string of the molecule is CC(=O)NC(CC(=O)NC1CCc2nccn2C1)c1ccc(C)cc1. The van der Waals surface area contributed by atoms with Gasteiger partial charge in [0.05, 0.1) is 12.5 Å². The highest BCUT2D eigenvalue weighted by atomic mass is 16.2. The minimum absolute atomic E-state index is 0.0482. The second-order valence-corrected chi connectivity index (χ2v) is 6.67. The Kier molecular flexibility index (Phi) is 5.16. The van der Waals surface area contributed by atoms with Gasteiger partial charge in [-0.1, -0.05) is 29.8 Å². The van der Waals surface area contributed by atoms with Crippen molar-refractivity contribution in [3.63, 3.8) is 0 Å². The van der Waals surface area contributed by atoms with E-state index in [1.807, 2.05) is 37.4 Å². The number of nitrogens with zero attached hydrogens (tertiary/aromatic N) is 2. The number of nitrogens with one attached hydrogen (secondary N) is 2. The Hall–Kier alpha value is -2.63. The molecule has 0 radical (unpaired) electrons. The summed E-state index contributed by atoms with van der Waals surface area (Å²) in [4.78, 5) is 28.3. The fourth-order valence-electron chi connectivity index (χ4n) is 3.25. The van der Waals surface area contributed by atoms with Gasteiger partial charge in [-0.15, -0.1) is 0 Å². The maximum absolute atomic E-state index is 12.5. The van der Waals surface area contributed by atoms with E-state index >= 15 is 0 Å². The molecule has 1 aromatic carbocycles. The van der Waals surface area contributed by atoms with Crippen LogP contribution in [0.5, 0.6) is 0 Å². The number of benzene rings is 1. The van der Waals surface area contributed by atoms with Crippen molar-refractivity contribution < 1.29 is 9.59 Å². The molecule has 0 saturated carbocycles. The molecule has 6 heteroatoms. The van der Waals surface area contributed by atoms with Gasteiger partial charge < -0.3 is 15.2 Å². The minimum Gasteiger partial charge on any atom is -0.351 e. The molecule has 0 saturated heterocycles. The Bertz CT molecular complexity index is 751. The first-order valence-corrected chi connectivity index (χ1v) is 8.64. The normalized spacial score (nSPS) is 17.4. The van der Waals surface area contributed by atoms with Gasteiger partial charge in [-0.25, -0.2) is 4.98 Å². The number of aryl methyl sites for hydroxylation is 2. The molecule has 2 amide bonds. The van der Waals surface area contributed by atoms with E-state index in [0.717, 1.165) is 36.3 Å². The molecule has 0 fully saturated rings. The van der Waals surface area contributed by atoms with E-state index in [0.29, 0.717) is 0 Å². The van der Waals surface area contributed by atoms with Gasteiger partial charge in [0.15, 0.2) is 0 Å². The van der Waals surface area contributed by atoms with E-state index in [1.165, 1.54) is 6.92 Å². The number of carbonyl (C=O) groups excluding carboxylic acids is 2. The van der Waals surface area contributed by atoms with Crippen molar-refractivity contribution in [2.24, 2.45) is 0 Å². The fraction of sp³-hybridized carbons (Fsp3) is 0.421. The minimum atomic E-state index is -0.314. The quantitative estimate of drug-likeness (QED) is 0.873. The van der Waals surface area contributed by atoms with E-state index in [9.17, 15) is 9.59 Å². The summed E-state index contributed by atoms with van der Waals surface area (Å²) in [5.41, 5.74) is 2.09. The molecule has 2 aromatic rings. The van der Waals surface area contributed by atoms with Crippen LogP contribution in [0.25, 0.3) is 0 Å². The zero-order chi connectivity index (χ0) is 17.8. The van der Waals surface area contributed by atoms with Crippen molar-refractivity contribution in [1.29, 1.82) is 0 Å². The first-order chi connectivity index (χ1) is 12.0. The lowest BCUT2D eigenvalue weighted by atomic mass is 10.0. The highest BCUT2D eigenvalue weighted by Crippen LogP contribution is 2.19. The maximum atomic E-state index is 12.5. The van der Waals surface area contributed by atoms with Crippen LogP contribution in [-0.4, -0.2) is 27.4 Å². The van der Waals surface area contributed by atoms with Crippen molar-refractivity contribution >= 4 is 11.8 Å². The third-order valence-electron chi connectivity index (χ3n) is 4.55. The van der Waals surface area contributed by atoms with E-state index < -0.39 is 0 Å². The van der Waals surface area contributed by atoms with Crippen LogP contribution in [-0.2, 0) is 22.6 Å². The van der Waals surface area contributed by atoms with Gasteiger partial charge in [0.1, 0.15) is 5.82 Å². The van der Waals surface area contributed by atoms with Crippen LogP contribution in [0.3, 0.4) is 0 Å². The van der Waals surface area contributed by atoms with E-state index in [2.05, 4.69) is 20.2 Å². The molecular formula is C19H24N4O2. The molecule has 0 bridgehead atoms. The van der Waals surface area contributed by atoms with Crippen molar-refractivity contribution in [2.45, 2.75) is 51.7 Å². The summed E-state index contributed by atoms with van der Waals surface area (Å²) in [6, 6.07) is 7.69. The summed E-state index contributed by atoms with van der Waals surface area (Å²) in [5, 5.41) is 5.98. The maximum Gasteiger partial charge on any atom is 0.222 e. The molecular weight excluding hydrogens is 316 g/mol. The van der Waals surface area contributed by atoms with Crippen LogP contribution in [0.2, 0.25) is 0 Å². The second kappa shape index (κ2) is 7.51. The number of hydrogen-bond donors (Lipinski definition) is 2. The number of carbonyl (C=O) groups is 2. The van der Waals surface area contributed by atoms with Crippen molar-refractivity contribution in [2.75, 3.05) is 0 Å². The van der Waals surface area contributed by atoms with Gasteiger partial charge in [-0.2, -0.15) is 0 Å². The topological polar surface area (TPSA) is 76.0 Å². The van der Waals surface area contributed by atoms with Gasteiger partial charge in [-0.3, -0.25) is 9.59 Å². The van der Waals surface area contributed by atoms with E-state index in [1.54, 1.807) is 6.20 Å². The highest BCUT2D eigenvalue weighted by molar-refractivity contribution is 5.79. The predicted molar refractivity (Wildman–Crippen MR) is 94.8 cm³/mol. The van der Waals surface area contributed by atoms with Crippen LogP contribution >= 0.6 is 0 Å². The summed E-state index contributed by atoms with van der Waals surface area (Å²) in [5.74, 6) is 0.883. The molecule has 1 aliphatic rings. The largest absolute Gasteiger partial charge is 0.351 e. The Morgan fingerprint density at radius 1 is 1.32 bits per heavy atom. The van der Waals surface area contributed by atoms with Crippen LogP contribution in [0.4, 0.5) is 0 Å². The number of amides is 2. The highest BCUT2D eigenvalue weighted by Gasteiger charge is 2.23. The van der Waals surface area contributed by atoms with Crippen LogP contribution in [0.1, 0.15) is 42.8 Å². The molecule has 132 valence electrons. The molecule has 2 unspecified atom stereocenters. The second-order valence-electron chi connectivity index (χ2n) is 6.67. The average molecular weight is 340 g/mol. The summed E-state index contributed by atoms with van der Waals surface area (Å²) in [7, 11) is 0. The zero-order valence-corrected chi connectivity index (χ0v) is 14.7. The first kappa shape index (κ1) is 17.2. The number of imidazole rings is 1. The number of rotatable bonds is 5. The van der Waals surface area contributed by atoms with Crippen LogP contribution in [0, 0.1) is 6.92 Å². The lowest BCUT2D eigenvalue weighted by Crippen LogP contribution is -2.42. The molecule has 0 aliphatic carbocycles. The van der Waals surface area contributed by atoms with Crippen LogP contribution in [0.15, 0.2) is 36.7 Å². The monoisotopic (exact) mass is 340 g/mol. The van der Waals surface area contributed by atoms with Crippen molar-refractivity contribution in [3.05, 3.63) is 53.6 Å². The van der Waals surface area contributed by atoms with Crippen molar-refractivity contribution in [3.8, 4) is 0 Å². The third kappa shape index (κ3) is 4.47. The molecule has 1 aliphatic heterocycles. The molecule has 0 spiro atoms. The summed E-state index contributed by atoms with van der Waals surface area (Å²) in [6.07, 6.45) is 5.73. The van der Waals surface area contributed by atoms with Gasteiger partial charge in [0.25, 0.3) is 0 Å². The average Bonchev–Trinajstić information content (AvgIpc) is 3.02. The molecule has 2 N–H and O–H groups in total. The van der Waals surface area contributed by atoms with Crippen molar-refractivity contribution in [1.82, 2.24) is 20.2 Å². The van der Waals surface area contributed by atoms with Gasteiger partial charge in [-0.05, 0) is 18.9 Å². The summed E-state index contributed by atoms with van der Waals surface area (Å²) in [6.45, 7) is 4.23. The lowest BCUT2D eigenvalue weighted by molar-refractivity contribution is -0.123. The Morgan fingerprint density at radius 2 is 2.08 bits per heavy atom. The van der Waals surface area contributed by atoms with Gasteiger partial charge in [0, 0.05) is 38.3 Å². The number of aromatic nitrogens is 2. The smallest absolute Gasteiger partial charge is 0.222 e. The number of fused-ring (bicyclic) bond motifs is 1. The van der Waals surface area contributed by atoms with Crippen LogP contribution < -0.4 is 10.6 Å². The zero-order valence-electron chi connectivity index (χ0n) is 14.7. The molecule has 3 rings (SSSR count). The molecule has 6 nitrogen and oxygen atoms in total. The Morgan fingerprint density at radius 3 is 2.80 bits per heavy atom. The van der Waals surface area contributed by atoms with Gasteiger partial charge in [0.2, 0.25) is 11.8 Å². The summed E-state index contributed by atoms with van der Waals surface area (Å²) >= 11 is 0. The number of hydrogen-bond acceptors (Lipinski definition) is 3. The summed E-state index contributed by atoms with van der Waals surface area (Å²) < 4.78 is 2.08. The van der Waals surface area contributed by atoms with E-state index in [4.69, 9.17) is 0 Å². The first-order valence-electron chi connectivity index (χ1n) is 8.64. The Labute approximate surface area is 147 Å². The Balaban J connectivity index is 1.62.